The summed E-state index contributed by atoms with van der Waals surface area (Å²) in [6, 6.07) is 12.1. The van der Waals surface area contributed by atoms with Crippen LogP contribution in [-0.2, 0) is 32.0 Å². The third kappa shape index (κ3) is 6.27. The molecule has 0 radical (unpaired) electrons. The van der Waals surface area contributed by atoms with Crippen molar-refractivity contribution in [1.29, 1.82) is 0 Å². The Morgan fingerprint density at radius 2 is 1.82 bits per heavy atom. The first kappa shape index (κ1) is 28.0. The van der Waals surface area contributed by atoms with E-state index in [-0.39, 0.29) is 25.2 Å². The number of aliphatic hydroxyl groups is 1. The highest BCUT2D eigenvalue weighted by Gasteiger charge is 2.29. The van der Waals surface area contributed by atoms with Gasteiger partial charge in [-0.1, -0.05) is 17.7 Å². The summed E-state index contributed by atoms with van der Waals surface area (Å²) in [6.07, 6.45) is 1.44. The Labute approximate surface area is 235 Å². The van der Waals surface area contributed by atoms with Gasteiger partial charge in [0.05, 0.1) is 45.2 Å². The van der Waals surface area contributed by atoms with Crippen molar-refractivity contribution in [3.63, 3.8) is 0 Å². The van der Waals surface area contributed by atoms with Crippen molar-refractivity contribution in [2.75, 3.05) is 31.7 Å². The lowest BCUT2D eigenvalue weighted by atomic mass is 9.92. The van der Waals surface area contributed by atoms with Gasteiger partial charge in [-0.25, -0.2) is 0 Å². The van der Waals surface area contributed by atoms with E-state index in [1.807, 2.05) is 6.07 Å². The van der Waals surface area contributed by atoms with Crippen LogP contribution >= 0.6 is 11.6 Å². The van der Waals surface area contributed by atoms with E-state index >= 15 is 0 Å². The summed E-state index contributed by atoms with van der Waals surface area (Å²) in [7, 11) is 0. The maximum atomic E-state index is 13.6. The summed E-state index contributed by atoms with van der Waals surface area (Å²) < 4.78 is 18.7. The largest absolute Gasteiger partial charge is 0.394 e. The molecule has 3 atom stereocenters. The molecule has 2 amide bonds. The van der Waals surface area contributed by atoms with Crippen molar-refractivity contribution in [3.05, 3.63) is 86.8 Å². The molecule has 2 aliphatic heterocycles. The predicted octanol–water partition coefficient (Wildman–Crippen LogP) is 2.69. The molecule has 0 bridgehead atoms. The van der Waals surface area contributed by atoms with E-state index in [0.29, 0.717) is 53.6 Å². The van der Waals surface area contributed by atoms with E-state index in [1.165, 1.54) is 22.8 Å². The molecular formula is C29H30ClN3O7. The van der Waals surface area contributed by atoms with Gasteiger partial charge >= 0.3 is 0 Å². The summed E-state index contributed by atoms with van der Waals surface area (Å²) in [5.41, 5.74) is 8.70. The average Bonchev–Trinajstić information content (AvgIpc) is 2.95. The highest BCUT2D eigenvalue weighted by molar-refractivity contribution is 6.30. The van der Waals surface area contributed by atoms with Crippen LogP contribution in [-0.4, -0.2) is 60.1 Å². The smallest absolute Gasteiger partial charge is 0.251 e. The van der Waals surface area contributed by atoms with Crippen LogP contribution < -0.4 is 16.6 Å². The molecule has 1 aromatic heterocycles. The Bertz CT molecular complexity index is 1450. The number of aromatic nitrogens is 1. The zero-order valence-electron chi connectivity index (χ0n) is 21.7. The number of nitrogens with zero attached hydrogens (tertiary/aromatic N) is 1. The Morgan fingerprint density at radius 3 is 2.52 bits per heavy atom. The van der Waals surface area contributed by atoms with Gasteiger partial charge in [-0.15, -0.1) is 0 Å². The number of benzene rings is 2. The molecule has 2 aromatic carbocycles. The van der Waals surface area contributed by atoms with Crippen LogP contribution in [0.15, 0.2) is 59.5 Å². The normalized spacial score (nSPS) is 19.4. The van der Waals surface area contributed by atoms with Crippen LogP contribution in [0.4, 0.5) is 5.69 Å². The molecule has 4 N–H and O–H groups in total. The standard InChI is InChI=1S/C29H30ClN3O7/c30-20-4-1-18-9-22(14-34)40-15-19-13-33(27(35)12-25(19)24(18)10-20)26(11-23-16-38-7-8-39-23)29(37)32-21-5-2-17(3-6-21)28(31)36/h1-6,10,12-13,22-23,26,34H,7-9,11,14-16H2,(H2,31,36)(H,32,37). The molecule has 11 heteroatoms. The lowest BCUT2D eigenvalue weighted by molar-refractivity contribution is -0.124. The maximum absolute atomic E-state index is 13.6. The number of primary amides is 1. The fraction of sp³-hybridized carbons (Fsp3) is 0.345. The van der Waals surface area contributed by atoms with Crippen LogP contribution in [0.2, 0.25) is 5.02 Å². The van der Waals surface area contributed by atoms with Gasteiger partial charge in [-0.2, -0.15) is 0 Å². The number of rotatable bonds is 7. The second-order valence-electron chi connectivity index (χ2n) is 9.83. The number of anilines is 1. The van der Waals surface area contributed by atoms with E-state index in [1.54, 1.807) is 30.5 Å². The van der Waals surface area contributed by atoms with Gasteiger partial charge < -0.3 is 34.9 Å². The molecule has 3 heterocycles. The van der Waals surface area contributed by atoms with Gasteiger partial charge in [0, 0.05) is 46.9 Å². The number of ether oxygens (including phenoxy) is 3. The quantitative estimate of drug-likeness (QED) is 0.398. The van der Waals surface area contributed by atoms with E-state index in [0.717, 1.165) is 11.1 Å². The topological polar surface area (TPSA) is 142 Å². The molecule has 0 aliphatic carbocycles. The van der Waals surface area contributed by atoms with Crippen molar-refractivity contribution in [2.45, 2.75) is 37.7 Å². The highest BCUT2D eigenvalue weighted by atomic mass is 35.5. The monoisotopic (exact) mass is 567 g/mol. The van der Waals surface area contributed by atoms with Crippen LogP contribution in [0.5, 0.6) is 0 Å². The summed E-state index contributed by atoms with van der Waals surface area (Å²) >= 11 is 6.31. The number of halogens is 1. The minimum Gasteiger partial charge on any atom is -0.394 e. The van der Waals surface area contributed by atoms with Gasteiger partial charge in [0.1, 0.15) is 6.04 Å². The van der Waals surface area contributed by atoms with Crippen LogP contribution in [0.3, 0.4) is 0 Å². The summed E-state index contributed by atoms with van der Waals surface area (Å²) in [4.78, 5) is 38.7. The molecule has 10 nitrogen and oxygen atoms in total. The third-order valence-corrected chi connectivity index (χ3v) is 7.33. The molecule has 210 valence electrons. The first-order valence-electron chi connectivity index (χ1n) is 13.0. The van der Waals surface area contributed by atoms with Gasteiger partial charge in [0.25, 0.3) is 5.56 Å². The second-order valence-corrected chi connectivity index (χ2v) is 10.3. The van der Waals surface area contributed by atoms with Crippen molar-refractivity contribution in [3.8, 4) is 11.1 Å². The summed E-state index contributed by atoms with van der Waals surface area (Å²) in [6.45, 7) is 1.10. The number of nitrogens with one attached hydrogen (secondary N) is 1. The SMILES string of the molecule is NC(=O)c1ccc(NC(=O)C(CC2COCCO2)n2cc3c(cc2=O)-c2cc(Cl)ccc2CC(CO)OC3)cc1. The Kier molecular flexibility index (Phi) is 8.63. The number of pyridine rings is 1. The Hall–Kier alpha value is -3.54. The highest BCUT2D eigenvalue weighted by Crippen LogP contribution is 2.33. The van der Waals surface area contributed by atoms with E-state index in [9.17, 15) is 19.5 Å². The molecule has 3 unspecified atom stereocenters. The van der Waals surface area contributed by atoms with Gasteiger partial charge in [-0.3, -0.25) is 14.4 Å². The second kappa shape index (κ2) is 12.3. The van der Waals surface area contributed by atoms with E-state index < -0.39 is 30.1 Å². The maximum Gasteiger partial charge on any atom is 0.251 e. The zero-order chi connectivity index (χ0) is 28.2. The number of carbonyl (C=O) groups excluding carboxylic acids is 2. The molecule has 0 saturated carbocycles. The lowest BCUT2D eigenvalue weighted by Gasteiger charge is -2.29. The molecule has 5 rings (SSSR count). The molecule has 3 aromatic rings. The molecule has 0 spiro atoms. The Balaban J connectivity index is 1.53. The summed E-state index contributed by atoms with van der Waals surface area (Å²) in [5, 5.41) is 13.2. The number of fused-ring (bicyclic) bond motifs is 3. The fourth-order valence-corrected chi connectivity index (χ4v) is 5.19. The van der Waals surface area contributed by atoms with Crippen molar-refractivity contribution in [1.82, 2.24) is 4.57 Å². The lowest BCUT2D eigenvalue weighted by Crippen LogP contribution is -2.39. The van der Waals surface area contributed by atoms with Gasteiger partial charge in [-0.05, 0) is 53.1 Å². The van der Waals surface area contributed by atoms with Crippen molar-refractivity contribution >= 4 is 29.1 Å². The van der Waals surface area contributed by atoms with E-state index in [2.05, 4.69) is 5.32 Å². The number of aliphatic hydroxyl groups excluding tert-OH is 1. The summed E-state index contributed by atoms with van der Waals surface area (Å²) in [5.74, 6) is -1.02. The fourth-order valence-electron chi connectivity index (χ4n) is 5.02. The van der Waals surface area contributed by atoms with Crippen LogP contribution in [0, 0.1) is 0 Å². The molecule has 1 saturated heterocycles. The van der Waals surface area contributed by atoms with Gasteiger partial charge in [0.15, 0.2) is 0 Å². The van der Waals surface area contributed by atoms with E-state index in [4.69, 9.17) is 31.5 Å². The van der Waals surface area contributed by atoms with Crippen molar-refractivity contribution < 1.29 is 28.9 Å². The number of amides is 2. The minimum absolute atomic E-state index is 0.124. The number of hydrogen-bond acceptors (Lipinski definition) is 7. The average molecular weight is 568 g/mol. The van der Waals surface area contributed by atoms with Crippen LogP contribution in [0.25, 0.3) is 11.1 Å². The first-order valence-corrected chi connectivity index (χ1v) is 13.4. The third-order valence-electron chi connectivity index (χ3n) is 7.10. The number of hydrogen-bond donors (Lipinski definition) is 3. The molecule has 2 aliphatic rings. The number of nitrogens with two attached hydrogens (primary N) is 1. The molecule has 40 heavy (non-hydrogen) atoms. The number of carbonyl (C=O) groups is 2. The zero-order valence-corrected chi connectivity index (χ0v) is 22.4. The molecule has 1 fully saturated rings. The van der Waals surface area contributed by atoms with Crippen molar-refractivity contribution in [2.24, 2.45) is 5.73 Å². The first-order chi connectivity index (χ1) is 19.3. The van der Waals surface area contributed by atoms with Crippen LogP contribution in [0.1, 0.15) is 33.9 Å². The minimum atomic E-state index is -0.946. The Morgan fingerprint density at radius 1 is 1.05 bits per heavy atom. The molecular weight excluding hydrogens is 538 g/mol. The predicted molar refractivity (Wildman–Crippen MR) is 148 cm³/mol. The van der Waals surface area contributed by atoms with Gasteiger partial charge in [0.2, 0.25) is 11.8 Å².